The van der Waals surface area contributed by atoms with E-state index in [0.717, 1.165) is 25.7 Å². The van der Waals surface area contributed by atoms with E-state index in [-0.39, 0.29) is 29.4 Å². The predicted octanol–water partition coefficient (Wildman–Crippen LogP) is 4.52. The van der Waals surface area contributed by atoms with Gasteiger partial charge in [0.2, 0.25) is 0 Å². The molecule has 1 saturated heterocycles. The number of ketones is 1. The third-order valence-electron chi connectivity index (χ3n) is 5.03. The summed E-state index contributed by atoms with van der Waals surface area (Å²) < 4.78 is 5.26. The summed E-state index contributed by atoms with van der Waals surface area (Å²) in [4.78, 5) is 39.6. The maximum atomic E-state index is 12.8. The summed E-state index contributed by atoms with van der Waals surface area (Å²) in [6.45, 7) is 1.08. The molecule has 0 unspecified atom stereocenters. The Kier molecular flexibility index (Phi) is 7.42. The third kappa shape index (κ3) is 5.67. The topological polar surface area (TPSA) is 63.7 Å². The van der Waals surface area contributed by atoms with Crippen molar-refractivity contribution in [2.45, 2.75) is 32.1 Å². The Morgan fingerprint density at radius 3 is 2.07 bits per heavy atom. The maximum Gasteiger partial charge on any atom is 0.339 e. The molecule has 1 heterocycles. The van der Waals surface area contributed by atoms with Gasteiger partial charge in [-0.25, -0.2) is 4.79 Å². The zero-order chi connectivity index (χ0) is 20.6. The van der Waals surface area contributed by atoms with Gasteiger partial charge in [0, 0.05) is 29.2 Å². The number of carbonyl (C=O) groups is 3. The first-order chi connectivity index (χ1) is 14.1. The fourth-order valence-electron chi connectivity index (χ4n) is 3.41. The smallest absolute Gasteiger partial charge is 0.339 e. The molecule has 2 aromatic rings. The SMILES string of the molecule is O=C(OCC(=O)N1CCCCCCC1)c1ccccc1C(=O)c1ccc(Cl)cc1. The maximum absolute atomic E-state index is 12.8. The Morgan fingerprint density at radius 2 is 1.41 bits per heavy atom. The number of carbonyl (C=O) groups excluding carboxylic acids is 3. The number of benzene rings is 2. The van der Waals surface area contributed by atoms with E-state index >= 15 is 0 Å². The minimum absolute atomic E-state index is 0.146. The van der Waals surface area contributed by atoms with E-state index in [9.17, 15) is 14.4 Å². The molecule has 5 nitrogen and oxygen atoms in total. The second-order valence-electron chi connectivity index (χ2n) is 7.11. The van der Waals surface area contributed by atoms with E-state index in [1.54, 1.807) is 47.4 Å². The first-order valence-corrected chi connectivity index (χ1v) is 10.3. The van der Waals surface area contributed by atoms with Crippen molar-refractivity contribution in [1.29, 1.82) is 0 Å². The largest absolute Gasteiger partial charge is 0.452 e. The molecule has 0 spiro atoms. The lowest BCUT2D eigenvalue weighted by Crippen LogP contribution is -2.37. The van der Waals surface area contributed by atoms with Crippen LogP contribution in [0.15, 0.2) is 48.5 Å². The highest BCUT2D eigenvalue weighted by atomic mass is 35.5. The number of hydrogen-bond acceptors (Lipinski definition) is 4. The average molecular weight is 414 g/mol. The van der Waals surface area contributed by atoms with Crippen LogP contribution < -0.4 is 0 Å². The monoisotopic (exact) mass is 413 g/mol. The molecule has 0 radical (unpaired) electrons. The molecular formula is C23H24ClNO4. The van der Waals surface area contributed by atoms with Crippen molar-refractivity contribution in [1.82, 2.24) is 4.90 Å². The van der Waals surface area contributed by atoms with Crippen LogP contribution in [-0.2, 0) is 9.53 Å². The molecule has 2 aromatic carbocycles. The van der Waals surface area contributed by atoms with Crippen LogP contribution in [0.4, 0.5) is 0 Å². The highest BCUT2D eigenvalue weighted by Gasteiger charge is 2.21. The zero-order valence-corrected chi connectivity index (χ0v) is 17.0. The molecule has 0 atom stereocenters. The molecule has 29 heavy (non-hydrogen) atoms. The van der Waals surface area contributed by atoms with E-state index in [0.29, 0.717) is 23.7 Å². The number of amides is 1. The zero-order valence-electron chi connectivity index (χ0n) is 16.2. The number of hydrogen-bond donors (Lipinski definition) is 0. The van der Waals surface area contributed by atoms with E-state index in [2.05, 4.69) is 0 Å². The fourth-order valence-corrected chi connectivity index (χ4v) is 3.54. The lowest BCUT2D eigenvalue weighted by molar-refractivity contribution is -0.134. The van der Waals surface area contributed by atoms with Crippen molar-refractivity contribution in [3.8, 4) is 0 Å². The van der Waals surface area contributed by atoms with Crippen LogP contribution in [0.3, 0.4) is 0 Å². The van der Waals surface area contributed by atoms with Crippen molar-refractivity contribution in [2.75, 3.05) is 19.7 Å². The van der Waals surface area contributed by atoms with Gasteiger partial charge in [0.1, 0.15) is 0 Å². The van der Waals surface area contributed by atoms with Crippen LogP contribution in [0.1, 0.15) is 58.4 Å². The highest BCUT2D eigenvalue weighted by molar-refractivity contribution is 6.30. The minimum atomic E-state index is -0.677. The van der Waals surface area contributed by atoms with Crippen molar-refractivity contribution < 1.29 is 19.1 Å². The number of rotatable bonds is 5. The molecule has 0 saturated carbocycles. The number of nitrogens with zero attached hydrogens (tertiary/aromatic N) is 1. The van der Waals surface area contributed by atoms with Gasteiger partial charge in [0.15, 0.2) is 12.4 Å². The van der Waals surface area contributed by atoms with Crippen LogP contribution in [0.5, 0.6) is 0 Å². The molecule has 0 aliphatic carbocycles. The summed E-state index contributed by atoms with van der Waals surface area (Å²) in [6.07, 6.45) is 5.37. The van der Waals surface area contributed by atoms with E-state index in [1.807, 2.05) is 0 Å². The molecule has 1 fully saturated rings. The molecule has 152 valence electrons. The Labute approximate surface area is 175 Å². The first kappa shape index (κ1) is 21.1. The van der Waals surface area contributed by atoms with E-state index < -0.39 is 5.97 Å². The predicted molar refractivity (Wildman–Crippen MR) is 111 cm³/mol. The highest BCUT2D eigenvalue weighted by Crippen LogP contribution is 2.18. The Balaban J connectivity index is 1.67. The molecule has 1 aliphatic heterocycles. The Morgan fingerprint density at radius 1 is 0.828 bits per heavy atom. The molecule has 0 aromatic heterocycles. The van der Waals surface area contributed by atoms with Gasteiger partial charge >= 0.3 is 5.97 Å². The Bertz CT molecular complexity index is 871. The van der Waals surface area contributed by atoms with Crippen LogP contribution in [0, 0.1) is 0 Å². The molecule has 1 amide bonds. The number of esters is 1. The van der Waals surface area contributed by atoms with Crippen molar-refractivity contribution >= 4 is 29.3 Å². The molecule has 6 heteroatoms. The lowest BCUT2D eigenvalue weighted by Gasteiger charge is -2.24. The number of ether oxygens (including phenoxy) is 1. The van der Waals surface area contributed by atoms with Gasteiger partial charge < -0.3 is 9.64 Å². The molecule has 0 N–H and O–H groups in total. The summed E-state index contributed by atoms with van der Waals surface area (Å²) in [7, 11) is 0. The second-order valence-corrected chi connectivity index (χ2v) is 7.54. The van der Waals surface area contributed by atoms with Gasteiger partial charge in [-0.3, -0.25) is 9.59 Å². The summed E-state index contributed by atoms with van der Waals surface area (Å²) >= 11 is 5.88. The van der Waals surface area contributed by atoms with Crippen LogP contribution >= 0.6 is 11.6 Å². The van der Waals surface area contributed by atoms with Crippen LogP contribution in [0.2, 0.25) is 5.02 Å². The average Bonchev–Trinajstić information content (AvgIpc) is 2.71. The minimum Gasteiger partial charge on any atom is -0.452 e. The van der Waals surface area contributed by atoms with Gasteiger partial charge in [0.25, 0.3) is 5.91 Å². The summed E-state index contributed by atoms with van der Waals surface area (Å²) in [5, 5.41) is 0.525. The lowest BCUT2D eigenvalue weighted by atomic mass is 9.98. The second kappa shape index (κ2) is 10.2. The molecular weight excluding hydrogens is 390 g/mol. The van der Waals surface area contributed by atoms with Crippen molar-refractivity contribution in [3.05, 3.63) is 70.2 Å². The van der Waals surface area contributed by atoms with Crippen LogP contribution in [0.25, 0.3) is 0 Å². The quantitative estimate of drug-likeness (QED) is 0.534. The van der Waals surface area contributed by atoms with Crippen molar-refractivity contribution in [2.24, 2.45) is 0 Å². The summed E-state index contributed by atoms with van der Waals surface area (Å²) in [6, 6.07) is 12.9. The molecule has 3 rings (SSSR count). The summed E-state index contributed by atoms with van der Waals surface area (Å²) in [5.74, 6) is -1.17. The van der Waals surface area contributed by atoms with Gasteiger partial charge in [-0.2, -0.15) is 0 Å². The Hall–Kier alpha value is -2.66. The molecule has 1 aliphatic rings. The normalized spacial score (nSPS) is 14.6. The van der Waals surface area contributed by atoms with E-state index in [4.69, 9.17) is 16.3 Å². The van der Waals surface area contributed by atoms with Gasteiger partial charge in [-0.15, -0.1) is 0 Å². The summed E-state index contributed by atoms with van der Waals surface area (Å²) in [5.41, 5.74) is 0.804. The van der Waals surface area contributed by atoms with Gasteiger partial charge in [-0.05, 0) is 43.2 Å². The first-order valence-electron chi connectivity index (χ1n) is 9.90. The van der Waals surface area contributed by atoms with E-state index in [1.165, 1.54) is 12.5 Å². The molecule has 0 bridgehead atoms. The van der Waals surface area contributed by atoms with Crippen molar-refractivity contribution in [3.63, 3.8) is 0 Å². The third-order valence-corrected chi connectivity index (χ3v) is 5.29. The van der Waals surface area contributed by atoms with Gasteiger partial charge in [-0.1, -0.05) is 49.1 Å². The number of likely N-dealkylation sites (tertiary alicyclic amines) is 1. The fraction of sp³-hybridized carbons (Fsp3) is 0.348. The van der Waals surface area contributed by atoms with Gasteiger partial charge in [0.05, 0.1) is 5.56 Å². The standard InChI is InChI=1S/C23H24ClNO4/c24-18-12-10-17(11-13-18)22(27)19-8-4-5-9-20(19)23(28)29-16-21(26)25-14-6-2-1-3-7-15-25/h4-5,8-13H,1-3,6-7,14-16H2. The number of halogens is 1. The van der Waals surface area contributed by atoms with Crippen LogP contribution in [-0.4, -0.2) is 42.3 Å².